The van der Waals surface area contributed by atoms with Gasteiger partial charge in [0.2, 0.25) is 5.91 Å². The second-order valence-electron chi connectivity index (χ2n) is 6.57. The highest BCUT2D eigenvalue weighted by molar-refractivity contribution is 5.98. The molecule has 0 spiro atoms. The van der Waals surface area contributed by atoms with E-state index in [-0.39, 0.29) is 17.4 Å². The van der Waals surface area contributed by atoms with Crippen LogP contribution in [0.25, 0.3) is 0 Å². The maximum absolute atomic E-state index is 12.1. The number of hydrogen-bond donors (Lipinski definition) is 3. The van der Waals surface area contributed by atoms with Crippen molar-refractivity contribution in [2.45, 2.75) is 52.3 Å². The van der Waals surface area contributed by atoms with Gasteiger partial charge in [0.05, 0.1) is 5.69 Å². The highest BCUT2D eigenvalue weighted by Gasteiger charge is 2.24. The van der Waals surface area contributed by atoms with E-state index in [0.29, 0.717) is 11.4 Å². The lowest BCUT2D eigenvalue weighted by atomic mass is 10.1. The molecule has 120 valence electrons. The van der Waals surface area contributed by atoms with E-state index in [2.05, 4.69) is 16.0 Å². The van der Waals surface area contributed by atoms with Gasteiger partial charge in [-0.3, -0.25) is 9.59 Å². The smallest absolute Gasteiger partial charge is 0.265 e. The highest BCUT2D eigenvalue weighted by atomic mass is 16.5. The zero-order valence-electron chi connectivity index (χ0n) is 13.6. The van der Waals surface area contributed by atoms with Crippen molar-refractivity contribution in [3.05, 3.63) is 18.2 Å². The molecule has 2 atom stereocenters. The summed E-state index contributed by atoms with van der Waals surface area (Å²) >= 11 is 0. The van der Waals surface area contributed by atoms with E-state index in [1.807, 2.05) is 26.8 Å². The van der Waals surface area contributed by atoms with E-state index in [1.165, 1.54) is 0 Å². The maximum atomic E-state index is 12.1. The molecule has 0 bridgehead atoms. The van der Waals surface area contributed by atoms with Crippen LogP contribution in [0.3, 0.4) is 0 Å². The minimum absolute atomic E-state index is 0.0841. The van der Waals surface area contributed by atoms with Gasteiger partial charge in [-0.1, -0.05) is 0 Å². The largest absolute Gasteiger partial charge is 0.479 e. The Hall–Kier alpha value is -2.24. The minimum atomic E-state index is -0.497. The van der Waals surface area contributed by atoms with Gasteiger partial charge in [-0.25, -0.2) is 0 Å². The van der Waals surface area contributed by atoms with E-state index in [4.69, 9.17) is 4.74 Å². The number of fused-ring (bicyclic) bond motifs is 1. The molecule has 2 rings (SSSR count). The third kappa shape index (κ3) is 3.90. The molecule has 2 unspecified atom stereocenters. The lowest BCUT2D eigenvalue weighted by molar-refractivity contribution is -0.123. The van der Waals surface area contributed by atoms with Gasteiger partial charge in [-0.05, 0) is 52.8 Å². The molecule has 0 radical (unpaired) electrons. The summed E-state index contributed by atoms with van der Waals surface area (Å²) < 4.78 is 5.50. The molecule has 1 aliphatic heterocycles. The first-order valence-electron chi connectivity index (χ1n) is 7.36. The predicted octanol–water partition coefficient (Wildman–Crippen LogP) is 2.12. The Balaban J connectivity index is 2.07. The first-order valence-corrected chi connectivity index (χ1v) is 7.36. The van der Waals surface area contributed by atoms with Gasteiger partial charge in [0.15, 0.2) is 6.10 Å². The fourth-order valence-electron chi connectivity index (χ4n) is 2.09. The van der Waals surface area contributed by atoms with Gasteiger partial charge in [0.1, 0.15) is 11.8 Å². The number of amides is 2. The van der Waals surface area contributed by atoms with Crippen LogP contribution in [0.15, 0.2) is 18.2 Å². The number of ether oxygens (including phenoxy) is 1. The van der Waals surface area contributed by atoms with Crippen molar-refractivity contribution in [2.75, 3.05) is 10.6 Å². The van der Waals surface area contributed by atoms with E-state index >= 15 is 0 Å². The van der Waals surface area contributed by atoms with Crippen molar-refractivity contribution in [3.63, 3.8) is 0 Å². The molecule has 1 heterocycles. The summed E-state index contributed by atoms with van der Waals surface area (Å²) in [4.78, 5) is 23.7. The highest BCUT2D eigenvalue weighted by Crippen LogP contribution is 2.32. The molecular weight excluding hydrogens is 282 g/mol. The molecule has 0 aliphatic carbocycles. The zero-order valence-corrected chi connectivity index (χ0v) is 13.6. The van der Waals surface area contributed by atoms with Crippen LogP contribution >= 0.6 is 0 Å². The Morgan fingerprint density at radius 3 is 2.68 bits per heavy atom. The Kier molecular flexibility index (Phi) is 4.30. The number of nitrogens with one attached hydrogen (secondary N) is 3. The summed E-state index contributed by atoms with van der Waals surface area (Å²) in [6.07, 6.45) is -0.497. The third-order valence-corrected chi connectivity index (χ3v) is 3.19. The molecule has 1 aliphatic rings. The van der Waals surface area contributed by atoms with Crippen LogP contribution in [0.2, 0.25) is 0 Å². The first kappa shape index (κ1) is 16.1. The van der Waals surface area contributed by atoms with Crippen LogP contribution < -0.4 is 20.7 Å². The van der Waals surface area contributed by atoms with Gasteiger partial charge < -0.3 is 20.7 Å². The zero-order chi connectivity index (χ0) is 16.5. The molecule has 0 saturated carbocycles. The van der Waals surface area contributed by atoms with Crippen LogP contribution in [0.5, 0.6) is 5.75 Å². The lowest BCUT2D eigenvalue weighted by Gasteiger charge is -2.26. The number of carbonyl (C=O) groups excluding carboxylic acids is 2. The standard InChI is InChI=1S/C16H23N3O3/c1-9(14(20)19-16(3,4)5)17-11-6-7-13-12(8-11)18-15(21)10(2)22-13/h6-10,17H,1-5H3,(H,18,21)(H,19,20). The summed E-state index contributed by atoms with van der Waals surface area (Å²) in [5, 5.41) is 8.83. The molecule has 1 aromatic rings. The van der Waals surface area contributed by atoms with Crippen LogP contribution in [0, 0.1) is 0 Å². The monoisotopic (exact) mass is 305 g/mol. The van der Waals surface area contributed by atoms with Crippen molar-refractivity contribution < 1.29 is 14.3 Å². The Bertz CT molecular complexity index is 593. The Labute approximate surface area is 130 Å². The van der Waals surface area contributed by atoms with E-state index in [1.54, 1.807) is 26.0 Å². The van der Waals surface area contributed by atoms with Gasteiger partial charge in [0.25, 0.3) is 5.91 Å². The normalized spacial score (nSPS) is 18.6. The molecule has 22 heavy (non-hydrogen) atoms. The summed E-state index contributed by atoms with van der Waals surface area (Å²) in [7, 11) is 0. The van der Waals surface area contributed by atoms with Crippen LogP contribution in [0.1, 0.15) is 34.6 Å². The van der Waals surface area contributed by atoms with E-state index < -0.39 is 12.1 Å². The molecule has 0 aromatic heterocycles. The quantitative estimate of drug-likeness (QED) is 0.799. The summed E-state index contributed by atoms with van der Waals surface area (Å²) in [6.45, 7) is 9.29. The van der Waals surface area contributed by atoms with Gasteiger partial charge >= 0.3 is 0 Å². The maximum Gasteiger partial charge on any atom is 0.265 e. The number of benzene rings is 1. The van der Waals surface area contributed by atoms with Gasteiger partial charge in [-0.15, -0.1) is 0 Å². The molecule has 0 saturated heterocycles. The molecule has 0 fully saturated rings. The second kappa shape index (κ2) is 5.87. The van der Waals surface area contributed by atoms with Crippen molar-refractivity contribution in [3.8, 4) is 5.75 Å². The number of hydrogen-bond acceptors (Lipinski definition) is 4. The van der Waals surface area contributed by atoms with Crippen molar-refractivity contribution in [2.24, 2.45) is 0 Å². The number of rotatable bonds is 3. The fourth-order valence-corrected chi connectivity index (χ4v) is 2.09. The Morgan fingerprint density at radius 2 is 2.05 bits per heavy atom. The fraction of sp³-hybridized carbons (Fsp3) is 0.500. The van der Waals surface area contributed by atoms with E-state index in [9.17, 15) is 9.59 Å². The van der Waals surface area contributed by atoms with Crippen LogP contribution in [0.4, 0.5) is 11.4 Å². The molecule has 6 nitrogen and oxygen atoms in total. The van der Waals surface area contributed by atoms with Crippen molar-refractivity contribution >= 4 is 23.2 Å². The lowest BCUT2D eigenvalue weighted by Crippen LogP contribution is -2.47. The number of anilines is 2. The predicted molar refractivity (Wildman–Crippen MR) is 86.1 cm³/mol. The average Bonchev–Trinajstić information content (AvgIpc) is 2.38. The molecule has 3 N–H and O–H groups in total. The number of carbonyl (C=O) groups is 2. The molecule has 6 heteroatoms. The Morgan fingerprint density at radius 1 is 1.36 bits per heavy atom. The molecular formula is C16H23N3O3. The molecule has 2 amide bonds. The van der Waals surface area contributed by atoms with E-state index in [0.717, 1.165) is 5.69 Å². The first-order chi connectivity index (χ1) is 10.2. The summed E-state index contributed by atoms with van der Waals surface area (Å²) in [5.41, 5.74) is 1.08. The van der Waals surface area contributed by atoms with Crippen LogP contribution in [-0.2, 0) is 9.59 Å². The topological polar surface area (TPSA) is 79.5 Å². The third-order valence-electron chi connectivity index (χ3n) is 3.19. The summed E-state index contributed by atoms with van der Waals surface area (Å²) in [6, 6.07) is 4.97. The second-order valence-corrected chi connectivity index (χ2v) is 6.57. The minimum Gasteiger partial charge on any atom is -0.479 e. The average molecular weight is 305 g/mol. The van der Waals surface area contributed by atoms with Gasteiger partial charge in [-0.2, -0.15) is 0 Å². The summed E-state index contributed by atoms with van der Waals surface area (Å²) in [5.74, 6) is 0.367. The van der Waals surface area contributed by atoms with Crippen molar-refractivity contribution in [1.82, 2.24) is 5.32 Å². The molecule has 1 aromatic carbocycles. The van der Waals surface area contributed by atoms with Crippen molar-refractivity contribution in [1.29, 1.82) is 0 Å². The van der Waals surface area contributed by atoms with Gasteiger partial charge in [0, 0.05) is 11.2 Å². The van der Waals surface area contributed by atoms with Crippen LogP contribution in [-0.4, -0.2) is 29.5 Å². The SMILES string of the molecule is CC(Nc1ccc2c(c1)NC(=O)C(C)O2)C(=O)NC(C)(C)C.